The van der Waals surface area contributed by atoms with Crippen molar-refractivity contribution in [2.75, 3.05) is 0 Å². The van der Waals surface area contributed by atoms with Crippen LogP contribution in [-0.4, -0.2) is 16.0 Å². The Labute approximate surface area is 118 Å². The van der Waals surface area contributed by atoms with Gasteiger partial charge in [-0.3, -0.25) is 10.1 Å². The summed E-state index contributed by atoms with van der Waals surface area (Å²) >= 11 is 0.922. The number of hydrogen-bond acceptors (Lipinski definition) is 5. The zero-order valence-electron chi connectivity index (χ0n) is 10.5. The first-order valence-corrected chi connectivity index (χ1v) is 6.61. The lowest BCUT2D eigenvalue weighted by atomic mass is 10.1. The van der Waals surface area contributed by atoms with Crippen LogP contribution in [0.1, 0.15) is 22.2 Å². The van der Waals surface area contributed by atoms with Gasteiger partial charge in [0.1, 0.15) is 4.88 Å². The van der Waals surface area contributed by atoms with Gasteiger partial charge >= 0.3 is 11.7 Å². The lowest BCUT2D eigenvalue weighted by Gasteiger charge is -2.05. The Morgan fingerprint density at radius 2 is 2.15 bits per heavy atom. The standard InChI is InChI=1S/C13H11NO5S/c1-2-8-3-4-10(9(7-8)14(17)18)19-12-6-5-11(20-12)13(15)16/h3-7H,2H2,1H3,(H,15,16). The van der Waals surface area contributed by atoms with Gasteiger partial charge in [-0.15, -0.1) is 0 Å². The van der Waals surface area contributed by atoms with Gasteiger partial charge in [0.15, 0.2) is 5.06 Å². The highest BCUT2D eigenvalue weighted by Gasteiger charge is 2.17. The molecule has 0 unspecified atom stereocenters. The third-order valence-electron chi connectivity index (χ3n) is 2.63. The minimum Gasteiger partial charge on any atom is -0.477 e. The molecule has 0 aliphatic carbocycles. The Morgan fingerprint density at radius 1 is 1.40 bits per heavy atom. The maximum Gasteiger partial charge on any atom is 0.345 e. The number of hydrogen-bond donors (Lipinski definition) is 1. The first kappa shape index (κ1) is 14.0. The lowest BCUT2D eigenvalue weighted by molar-refractivity contribution is -0.385. The maximum atomic E-state index is 11.0. The number of thiophene rings is 1. The van der Waals surface area contributed by atoms with Crippen molar-refractivity contribution in [2.45, 2.75) is 13.3 Å². The topological polar surface area (TPSA) is 89.7 Å². The molecule has 1 aromatic heterocycles. The fourth-order valence-electron chi connectivity index (χ4n) is 1.61. The summed E-state index contributed by atoms with van der Waals surface area (Å²) in [5, 5.41) is 20.2. The molecule has 2 rings (SSSR count). The van der Waals surface area contributed by atoms with Gasteiger partial charge in [0.25, 0.3) is 0 Å². The average Bonchev–Trinajstić information content (AvgIpc) is 2.87. The van der Waals surface area contributed by atoms with Crippen LogP contribution in [0.5, 0.6) is 10.8 Å². The van der Waals surface area contributed by atoms with Gasteiger partial charge in [0.2, 0.25) is 5.75 Å². The van der Waals surface area contributed by atoms with E-state index in [0.717, 1.165) is 16.9 Å². The van der Waals surface area contributed by atoms with Crippen LogP contribution in [-0.2, 0) is 6.42 Å². The molecule has 6 nitrogen and oxygen atoms in total. The molecular weight excluding hydrogens is 282 g/mol. The van der Waals surface area contributed by atoms with E-state index in [1.54, 1.807) is 6.07 Å². The SMILES string of the molecule is CCc1ccc(Oc2ccc(C(=O)O)s2)c([N+](=O)[O-])c1. The summed E-state index contributed by atoms with van der Waals surface area (Å²) in [6.07, 6.45) is 0.684. The van der Waals surface area contributed by atoms with Crippen molar-refractivity contribution in [3.05, 3.63) is 50.9 Å². The van der Waals surface area contributed by atoms with Crippen molar-refractivity contribution in [2.24, 2.45) is 0 Å². The van der Waals surface area contributed by atoms with Gasteiger partial charge in [0.05, 0.1) is 4.92 Å². The number of carboxylic acids is 1. The first-order chi connectivity index (χ1) is 9.51. The molecule has 7 heteroatoms. The molecule has 20 heavy (non-hydrogen) atoms. The van der Waals surface area contributed by atoms with Crippen molar-refractivity contribution in [1.82, 2.24) is 0 Å². The number of nitro benzene ring substituents is 1. The Morgan fingerprint density at radius 3 is 2.70 bits per heavy atom. The second-order valence-electron chi connectivity index (χ2n) is 3.94. The van der Waals surface area contributed by atoms with E-state index >= 15 is 0 Å². The van der Waals surface area contributed by atoms with Crippen molar-refractivity contribution in [1.29, 1.82) is 0 Å². The molecule has 0 saturated heterocycles. The lowest BCUT2D eigenvalue weighted by Crippen LogP contribution is -1.94. The van der Waals surface area contributed by atoms with E-state index in [0.29, 0.717) is 11.5 Å². The number of nitro groups is 1. The number of rotatable bonds is 5. The second kappa shape index (κ2) is 5.70. The van der Waals surface area contributed by atoms with E-state index in [-0.39, 0.29) is 16.3 Å². The molecule has 0 radical (unpaired) electrons. The molecule has 0 aliphatic heterocycles. The Balaban J connectivity index is 2.32. The highest BCUT2D eigenvalue weighted by molar-refractivity contribution is 7.15. The molecule has 104 valence electrons. The summed E-state index contributed by atoms with van der Waals surface area (Å²) in [7, 11) is 0. The Bertz CT molecular complexity index is 665. The van der Waals surface area contributed by atoms with Crippen molar-refractivity contribution < 1.29 is 19.6 Å². The molecule has 0 saturated carbocycles. The number of ether oxygens (including phenoxy) is 1. The van der Waals surface area contributed by atoms with Gasteiger partial charge in [-0.1, -0.05) is 24.3 Å². The monoisotopic (exact) mass is 293 g/mol. The molecule has 0 atom stereocenters. The summed E-state index contributed by atoms with van der Waals surface area (Å²) in [6.45, 7) is 1.90. The molecule has 0 aliphatic rings. The molecule has 1 N–H and O–H groups in total. The zero-order valence-corrected chi connectivity index (χ0v) is 11.3. The van der Waals surface area contributed by atoms with Crippen LogP contribution in [0.2, 0.25) is 0 Å². The van der Waals surface area contributed by atoms with Crippen LogP contribution < -0.4 is 4.74 Å². The van der Waals surface area contributed by atoms with Crippen LogP contribution in [0.25, 0.3) is 0 Å². The highest BCUT2D eigenvalue weighted by Crippen LogP contribution is 2.35. The van der Waals surface area contributed by atoms with E-state index in [1.807, 2.05) is 6.92 Å². The van der Waals surface area contributed by atoms with Gasteiger partial charge < -0.3 is 9.84 Å². The van der Waals surface area contributed by atoms with Crippen molar-refractivity contribution in [3.8, 4) is 10.8 Å². The van der Waals surface area contributed by atoms with E-state index in [2.05, 4.69) is 0 Å². The summed E-state index contributed by atoms with van der Waals surface area (Å²) < 4.78 is 5.41. The van der Waals surface area contributed by atoms with E-state index in [9.17, 15) is 14.9 Å². The zero-order chi connectivity index (χ0) is 14.7. The van der Waals surface area contributed by atoms with E-state index in [4.69, 9.17) is 9.84 Å². The minimum atomic E-state index is -1.05. The van der Waals surface area contributed by atoms with E-state index in [1.165, 1.54) is 24.3 Å². The van der Waals surface area contributed by atoms with Crippen LogP contribution in [0.15, 0.2) is 30.3 Å². The summed E-state index contributed by atoms with van der Waals surface area (Å²) in [4.78, 5) is 21.4. The molecule has 2 aromatic rings. The number of carboxylic acid groups (broad SMARTS) is 1. The third kappa shape index (κ3) is 2.94. The van der Waals surface area contributed by atoms with Crippen LogP contribution >= 0.6 is 11.3 Å². The fourth-order valence-corrected chi connectivity index (χ4v) is 2.32. The molecule has 0 fully saturated rings. The predicted octanol–water partition coefficient (Wildman–Crippen LogP) is 3.71. The van der Waals surface area contributed by atoms with E-state index < -0.39 is 10.9 Å². The summed E-state index contributed by atoms with van der Waals surface area (Å²) in [5.41, 5.74) is 0.705. The molecule has 1 heterocycles. The number of aromatic carboxylic acids is 1. The van der Waals surface area contributed by atoms with Gasteiger partial charge in [-0.25, -0.2) is 4.79 Å². The van der Waals surface area contributed by atoms with Gasteiger partial charge in [-0.05, 0) is 30.2 Å². The average molecular weight is 293 g/mol. The van der Waals surface area contributed by atoms with Gasteiger partial charge in [-0.2, -0.15) is 0 Å². The molecule has 0 bridgehead atoms. The fraction of sp³-hybridized carbons (Fsp3) is 0.154. The molecule has 1 aromatic carbocycles. The predicted molar refractivity (Wildman–Crippen MR) is 73.8 cm³/mol. The van der Waals surface area contributed by atoms with Gasteiger partial charge in [0, 0.05) is 6.07 Å². The van der Waals surface area contributed by atoms with Crippen LogP contribution in [0, 0.1) is 10.1 Å². The largest absolute Gasteiger partial charge is 0.477 e. The summed E-state index contributed by atoms with van der Waals surface area (Å²) in [5.74, 6) is -0.952. The smallest absolute Gasteiger partial charge is 0.345 e. The molecular formula is C13H11NO5S. The highest BCUT2D eigenvalue weighted by atomic mass is 32.1. The van der Waals surface area contributed by atoms with Crippen LogP contribution in [0.3, 0.4) is 0 Å². The number of aryl methyl sites for hydroxylation is 1. The quantitative estimate of drug-likeness (QED) is 0.670. The number of carbonyl (C=O) groups is 1. The Hall–Kier alpha value is -2.41. The van der Waals surface area contributed by atoms with Crippen molar-refractivity contribution >= 4 is 23.0 Å². The molecule has 0 spiro atoms. The van der Waals surface area contributed by atoms with Crippen LogP contribution in [0.4, 0.5) is 5.69 Å². The first-order valence-electron chi connectivity index (χ1n) is 5.79. The number of nitrogens with zero attached hydrogens (tertiary/aromatic N) is 1. The molecule has 0 amide bonds. The Kier molecular flexibility index (Phi) is 3.99. The van der Waals surface area contributed by atoms with Crippen molar-refractivity contribution in [3.63, 3.8) is 0 Å². The maximum absolute atomic E-state index is 11.0. The third-order valence-corrected chi connectivity index (χ3v) is 3.58. The minimum absolute atomic E-state index is 0.103. The summed E-state index contributed by atoms with van der Waals surface area (Å²) in [6, 6.07) is 7.60. The number of benzene rings is 1. The normalized spacial score (nSPS) is 10.2. The second-order valence-corrected chi connectivity index (χ2v) is 4.98.